The zero-order valence-corrected chi connectivity index (χ0v) is 13.4. The number of rotatable bonds is 7. The molecule has 0 aliphatic heterocycles. The molecule has 2 rings (SSSR count). The number of aromatic nitrogens is 3. The Labute approximate surface area is 126 Å². The molecular weight excluding hydrogens is 268 g/mol. The van der Waals surface area contributed by atoms with Crippen molar-refractivity contribution in [1.82, 2.24) is 15.0 Å². The van der Waals surface area contributed by atoms with E-state index in [1.54, 1.807) is 7.11 Å². The third-order valence-electron chi connectivity index (χ3n) is 3.94. The summed E-state index contributed by atoms with van der Waals surface area (Å²) in [5.74, 6) is 1.94. The standard InChI is InChI=1S/C14H26N6O/c1-5-20(6-2)14-18-12(15-3)17-13(19-14)16-10-7-8-11(9-10)21-4/h10-11H,5-9H2,1-4H3,(H2,15,16,17,18,19). The maximum absolute atomic E-state index is 5.41. The van der Waals surface area contributed by atoms with Crippen LogP contribution < -0.4 is 15.5 Å². The minimum atomic E-state index is 0.343. The molecule has 0 amide bonds. The van der Waals surface area contributed by atoms with Crippen molar-refractivity contribution in [3.05, 3.63) is 0 Å². The topological polar surface area (TPSA) is 75.2 Å². The second-order valence-corrected chi connectivity index (χ2v) is 5.22. The summed E-state index contributed by atoms with van der Waals surface area (Å²) in [7, 11) is 3.59. The fourth-order valence-corrected chi connectivity index (χ4v) is 2.66. The Morgan fingerprint density at radius 1 is 1.14 bits per heavy atom. The zero-order valence-electron chi connectivity index (χ0n) is 13.4. The van der Waals surface area contributed by atoms with E-state index < -0.39 is 0 Å². The maximum atomic E-state index is 5.41. The summed E-state index contributed by atoms with van der Waals surface area (Å²) in [5, 5.41) is 6.42. The van der Waals surface area contributed by atoms with Gasteiger partial charge < -0.3 is 20.3 Å². The highest BCUT2D eigenvalue weighted by molar-refractivity contribution is 5.44. The third-order valence-corrected chi connectivity index (χ3v) is 3.94. The minimum Gasteiger partial charge on any atom is -0.381 e. The summed E-state index contributed by atoms with van der Waals surface area (Å²) in [6.45, 7) is 5.94. The summed E-state index contributed by atoms with van der Waals surface area (Å²) in [6.07, 6.45) is 3.51. The van der Waals surface area contributed by atoms with Gasteiger partial charge in [0.15, 0.2) is 0 Å². The van der Waals surface area contributed by atoms with E-state index >= 15 is 0 Å². The molecule has 21 heavy (non-hydrogen) atoms. The molecule has 0 spiro atoms. The number of hydrogen-bond donors (Lipinski definition) is 2. The van der Waals surface area contributed by atoms with Crippen LogP contribution in [0.1, 0.15) is 33.1 Å². The summed E-state index contributed by atoms with van der Waals surface area (Å²) in [4.78, 5) is 15.5. The highest BCUT2D eigenvalue weighted by atomic mass is 16.5. The summed E-state index contributed by atoms with van der Waals surface area (Å²) in [6, 6.07) is 0.367. The van der Waals surface area contributed by atoms with Crippen LogP contribution in [0, 0.1) is 0 Å². The Morgan fingerprint density at radius 3 is 2.43 bits per heavy atom. The Kier molecular flexibility index (Phi) is 5.55. The SMILES string of the molecule is CCN(CC)c1nc(NC)nc(NC2CCC(OC)C2)n1. The molecule has 2 unspecified atom stereocenters. The number of nitrogens with zero attached hydrogens (tertiary/aromatic N) is 4. The van der Waals surface area contributed by atoms with E-state index in [2.05, 4.69) is 44.3 Å². The van der Waals surface area contributed by atoms with E-state index in [-0.39, 0.29) is 0 Å². The Hall–Kier alpha value is -1.63. The van der Waals surface area contributed by atoms with Gasteiger partial charge in [-0.05, 0) is 33.1 Å². The minimum absolute atomic E-state index is 0.343. The smallest absolute Gasteiger partial charge is 0.231 e. The highest BCUT2D eigenvalue weighted by Gasteiger charge is 2.25. The lowest BCUT2D eigenvalue weighted by Crippen LogP contribution is -2.26. The van der Waals surface area contributed by atoms with Crippen molar-refractivity contribution >= 4 is 17.8 Å². The van der Waals surface area contributed by atoms with Gasteiger partial charge in [0.25, 0.3) is 0 Å². The number of anilines is 3. The van der Waals surface area contributed by atoms with E-state index in [0.29, 0.717) is 30.0 Å². The van der Waals surface area contributed by atoms with Gasteiger partial charge in [0.05, 0.1) is 6.10 Å². The lowest BCUT2D eigenvalue weighted by Gasteiger charge is -2.20. The van der Waals surface area contributed by atoms with Crippen LogP contribution in [0.4, 0.5) is 17.8 Å². The fourth-order valence-electron chi connectivity index (χ4n) is 2.66. The van der Waals surface area contributed by atoms with Gasteiger partial charge in [0, 0.05) is 33.3 Å². The number of nitrogens with one attached hydrogen (secondary N) is 2. The number of hydrogen-bond acceptors (Lipinski definition) is 7. The molecule has 2 atom stereocenters. The van der Waals surface area contributed by atoms with Gasteiger partial charge in [-0.25, -0.2) is 0 Å². The average molecular weight is 294 g/mol. The first-order chi connectivity index (χ1) is 10.2. The van der Waals surface area contributed by atoms with Gasteiger partial charge in [-0.2, -0.15) is 15.0 Å². The number of ether oxygens (including phenoxy) is 1. The van der Waals surface area contributed by atoms with Crippen LogP contribution in [0.25, 0.3) is 0 Å². The van der Waals surface area contributed by atoms with Crippen LogP contribution in [0.15, 0.2) is 0 Å². The van der Waals surface area contributed by atoms with Crippen molar-refractivity contribution in [2.24, 2.45) is 0 Å². The average Bonchev–Trinajstić information content (AvgIpc) is 2.96. The first-order valence-electron chi connectivity index (χ1n) is 7.68. The van der Waals surface area contributed by atoms with Crippen LogP contribution >= 0.6 is 0 Å². The molecule has 2 N–H and O–H groups in total. The van der Waals surface area contributed by atoms with Crippen molar-refractivity contribution < 1.29 is 4.74 Å². The largest absolute Gasteiger partial charge is 0.381 e. The molecule has 0 saturated heterocycles. The highest BCUT2D eigenvalue weighted by Crippen LogP contribution is 2.24. The molecule has 1 aromatic rings. The molecule has 0 radical (unpaired) electrons. The van der Waals surface area contributed by atoms with E-state index in [1.807, 2.05) is 7.05 Å². The zero-order chi connectivity index (χ0) is 15.2. The fraction of sp³-hybridized carbons (Fsp3) is 0.786. The van der Waals surface area contributed by atoms with Gasteiger partial charge >= 0.3 is 0 Å². The lowest BCUT2D eigenvalue weighted by molar-refractivity contribution is 0.108. The van der Waals surface area contributed by atoms with Gasteiger partial charge in [-0.15, -0.1) is 0 Å². The van der Waals surface area contributed by atoms with E-state index in [1.165, 1.54) is 0 Å². The second-order valence-electron chi connectivity index (χ2n) is 5.22. The molecular formula is C14H26N6O. The van der Waals surface area contributed by atoms with Crippen molar-refractivity contribution in [2.75, 3.05) is 42.8 Å². The maximum Gasteiger partial charge on any atom is 0.231 e. The molecule has 7 heteroatoms. The van der Waals surface area contributed by atoms with Crippen molar-refractivity contribution in [3.63, 3.8) is 0 Å². The Balaban J connectivity index is 2.13. The Morgan fingerprint density at radius 2 is 1.86 bits per heavy atom. The predicted molar refractivity (Wildman–Crippen MR) is 85.0 cm³/mol. The molecule has 1 fully saturated rings. The molecule has 0 bridgehead atoms. The van der Waals surface area contributed by atoms with Crippen LogP contribution in [0.2, 0.25) is 0 Å². The van der Waals surface area contributed by atoms with Crippen molar-refractivity contribution in [3.8, 4) is 0 Å². The van der Waals surface area contributed by atoms with Crippen LogP contribution in [-0.4, -0.2) is 54.3 Å². The summed E-state index contributed by atoms with van der Waals surface area (Å²) < 4.78 is 5.41. The van der Waals surface area contributed by atoms with E-state index in [4.69, 9.17) is 4.74 Å². The second kappa shape index (κ2) is 7.40. The molecule has 1 aliphatic rings. The van der Waals surface area contributed by atoms with Crippen molar-refractivity contribution in [1.29, 1.82) is 0 Å². The molecule has 1 aromatic heterocycles. The first-order valence-corrected chi connectivity index (χ1v) is 7.68. The van der Waals surface area contributed by atoms with E-state index in [0.717, 1.165) is 32.4 Å². The van der Waals surface area contributed by atoms with Crippen molar-refractivity contribution in [2.45, 2.75) is 45.3 Å². The Bertz CT molecular complexity index is 451. The van der Waals surface area contributed by atoms with Gasteiger partial charge in [0.2, 0.25) is 17.8 Å². The third kappa shape index (κ3) is 3.93. The molecule has 118 valence electrons. The van der Waals surface area contributed by atoms with Crippen LogP contribution in [-0.2, 0) is 4.74 Å². The lowest BCUT2D eigenvalue weighted by atomic mass is 10.2. The van der Waals surface area contributed by atoms with Crippen LogP contribution in [0.3, 0.4) is 0 Å². The quantitative estimate of drug-likeness (QED) is 0.793. The van der Waals surface area contributed by atoms with Gasteiger partial charge in [0.1, 0.15) is 0 Å². The summed E-state index contributed by atoms with van der Waals surface area (Å²) in [5.41, 5.74) is 0. The van der Waals surface area contributed by atoms with E-state index in [9.17, 15) is 0 Å². The van der Waals surface area contributed by atoms with Gasteiger partial charge in [-0.3, -0.25) is 0 Å². The van der Waals surface area contributed by atoms with Gasteiger partial charge in [-0.1, -0.05) is 0 Å². The van der Waals surface area contributed by atoms with Crippen LogP contribution in [0.5, 0.6) is 0 Å². The monoisotopic (exact) mass is 294 g/mol. The first kappa shape index (κ1) is 15.8. The molecule has 1 saturated carbocycles. The predicted octanol–water partition coefficient (Wildman–Crippen LogP) is 1.74. The molecule has 1 aliphatic carbocycles. The number of methoxy groups -OCH3 is 1. The molecule has 1 heterocycles. The summed E-state index contributed by atoms with van der Waals surface area (Å²) >= 11 is 0. The molecule has 7 nitrogen and oxygen atoms in total. The molecule has 0 aromatic carbocycles. The normalized spacial score (nSPS) is 21.3.